The zero-order valence-corrected chi connectivity index (χ0v) is 12.0. The van der Waals surface area contributed by atoms with Crippen molar-refractivity contribution < 1.29 is 14.8 Å². The number of carboxylic acids is 1. The Morgan fingerprint density at radius 1 is 1.50 bits per heavy atom. The van der Waals surface area contributed by atoms with Crippen molar-refractivity contribution in [2.75, 3.05) is 11.4 Å². The first kappa shape index (κ1) is 14.6. The number of hydrogen-bond acceptors (Lipinski definition) is 4. The van der Waals surface area contributed by atoms with Crippen molar-refractivity contribution in [3.8, 4) is 0 Å². The Balaban J connectivity index is 2.63. The highest BCUT2D eigenvalue weighted by Crippen LogP contribution is 2.41. The molecule has 7 heteroatoms. The van der Waals surface area contributed by atoms with Crippen LogP contribution in [0.2, 0.25) is 5.02 Å². The van der Waals surface area contributed by atoms with Gasteiger partial charge in [0, 0.05) is 24.2 Å². The molecule has 1 aliphatic heterocycles. The normalized spacial score (nSPS) is 17.2. The number of halogens is 1. The molecular formula is C13H15ClN2O4. The van der Waals surface area contributed by atoms with Gasteiger partial charge in [0.25, 0.3) is 5.69 Å². The molecule has 1 aromatic carbocycles. The van der Waals surface area contributed by atoms with Crippen molar-refractivity contribution in [1.29, 1.82) is 0 Å². The van der Waals surface area contributed by atoms with Crippen molar-refractivity contribution >= 4 is 28.9 Å². The summed E-state index contributed by atoms with van der Waals surface area (Å²) in [5.74, 6) is -1.21. The van der Waals surface area contributed by atoms with E-state index >= 15 is 0 Å². The molecule has 0 aliphatic carbocycles. The predicted molar refractivity (Wildman–Crippen MR) is 75.7 cm³/mol. The molecule has 0 saturated carbocycles. The standard InChI is InChI=1S/C13H15ClN2O4/c1-13(2)4-3-5-15(13)11-9(12(17)18)6-8(16(19)20)7-10(11)14/h6-7H,3-5H2,1-2H3,(H,17,18). The van der Waals surface area contributed by atoms with Crippen LogP contribution in [0.4, 0.5) is 11.4 Å². The first-order chi connectivity index (χ1) is 9.24. The second-order valence-electron chi connectivity index (χ2n) is 5.45. The number of nitro benzene ring substituents is 1. The summed E-state index contributed by atoms with van der Waals surface area (Å²) in [6, 6.07) is 2.27. The minimum atomic E-state index is -1.21. The molecule has 1 N–H and O–H groups in total. The SMILES string of the molecule is CC1(C)CCCN1c1c(Cl)cc([N+](=O)[O-])cc1C(=O)O. The largest absolute Gasteiger partial charge is 0.478 e. The maximum Gasteiger partial charge on any atom is 0.338 e. The highest BCUT2D eigenvalue weighted by molar-refractivity contribution is 6.34. The number of hydrogen-bond donors (Lipinski definition) is 1. The lowest BCUT2D eigenvalue weighted by Gasteiger charge is -2.35. The van der Waals surface area contributed by atoms with Gasteiger partial charge in [-0.2, -0.15) is 0 Å². The summed E-state index contributed by atoms with van der Waals surface area (Å²) in [4.78, 5) is 23.5. The molecule has 108 valence electrons. The van der Waals surface area contributed by atoms with Gasteiger partial charge in [0.05, 0.1) is 21.2 Å². The minimum Gasteiger partial charge on any atom is -0.478 e. The molecule has 0 unspecified atom stereocenters. The van der Waals surface area contributed by atoms with Crippen molar-refractivity contribution in [2.24, 2.45) is 0 Å². The summed E-state index contributed by atoms with van der Waals surface area (Å²) in [6.45, 7) is 4.69. The number of carboxylic acid groups (broad SMARTS) is 1. The summed E-state index contributed by atoms with van der Waals surface area (Å²) in [6.07, 6.45) is 1.85. The van der Waals surface area contributed by atoms with E-state index in [0.717, 1.165) is 18.9 Å². The van der Waals surface area contributed by atoms with Crippen LogP contribution in [0.15, 0.2) is 12.1 Å². The molecule has 1 aliphatic rings. The number of rotatable bonds is 3. The van der Waals surface area contributed by atoms with E-state index in [4.69, 9.17) is 11.6 Å². The Kier molecular flexibility index (Phi) is 3.60. The average molecular weight is 299 g/mol. The van der Waals surface area contributed by atoms with Gasteiger partial charge in [0.1, 0.15) is 0 Å². The Hall–Kier alpha value is -1.82. The Labute approximate surface area is 121 Å². The third-order valence-corrected chi connectivity index (χ3v) is 3.95. The number of carbonyl (C=O) groups is 1. The van der Waals surface area contributed by atoms with E-state index in [2.05, 4.69) is 0 Å². The first-order valence-corrected chi connectivity index (χ1v) is 6.61. The summed E-state index contributed by atoms with van der Waals surface area (Å²) < 4.78 is 0. The molecule has 1 saturated heterocycles. The molecule has 0 bridgehead atoms. The molecule has 2 rings (SSSR count). The van der Waals surface area contributed by atoms with Gasteiger partial charge in [-0.25, -0.2) is 4.79 Å². The van der Waals surface area contributed by atoms with Gasteiger partial charge in [-0.05, 0) is 26.7 Å². The average Bonchev–Trinajstić information content (AvgIpc) is 2.67. The zero-order valence-electron chi connectivity index (χ0n) is 11.2. The molecule has 20 heavy (non-hydrogen) atoms. The number of nitrogens with zero attached hydrogens (tertiary/aromatic N) is 2. The molecule has 0 amide bonds. The van der Waals surface area contributed by atoms with Crippen LogP contribution in [-0.4, -0.2) is 28.1 Å². The summed E-state index contributed by atoms with van der Waals surface area (Å²) in [5, 5.41) is 20.3. The molecule has 0 radical (unpaired) electrons. The van der Waals surface area contributed by atoms with Gasteiger partial charge in [-0.3, -0.25) is 10.1 Å². The van der Waals surface area contributed by atoms with Gasteiger partial charge >= 0.3 is 5.97 Å². The lowest BCUT2D eigenvalue weighted by Crippen LogP contribution is -2.39. The molecule has 0 spiro atoms. The smallest absolute Gasteiger partial charge is 0.338 e. The lowest BCUT2D eigenvalue weighted by atomic mass is 10.0. The molecular weight excluding hydrogens is 284 g/mol. The van der Waals surface area contributed by atoms with E-state index in [-0.39, 0.29) is 21.8 Å². The van der Waals surface area contributed by atoms with Gasteiger partial charge < -0.3 is 10.0 Å². The predicted octanol–water partition coefficient (Wildman–Crippen LogP) is 3.33. The van der Waals surface area contributed by atoms with Crippen molar-refractivity contribution in [3.05, 3.63) is 32.8 Å². The lowest BCUT2D eigenvalue weighted by molar-refractivity contribution is -0.384. The third-order valence-electron chi connectivity index (χ3n) is 3.66. The van der Waals surface area contributed by atoms with E-state index in [1.165, 1.54) is 6.07 Å². The molecule has 1 aromatic rings. The van der Waals surface area contributed by atoms with E-state index in [1.54, 1.807) is 0 Å². The highest BCUT2D eigenvalue weighted by Gasteiger charge is 2.36. The van der Waals surface area contributed by atoms with Gasteiger partial charge in [-0.15, -0.1) is 0 Å². The molecule has 0 aromatic heterocycles. The second kappa shape index (κ2) is 4.94. The van der Waals surface area contributed by atoms with Gasteiger partial charge in [0.2, 0.25) is 0 Å². The fourth-order valence-corrected chi connectivity index (χ4v) is 2.96. The summed E-state index contributed by atoms with van der Waals surface area (Å²) >= 11 is 6.12. The van der Waals surface area contributed by atoms with E-state index in [1.807, 2.05) is 18.7 Å². The number of benzene rings is 1. The van der Waals surface area contributed by atoms with Crippen LogP contribution in [0, 0.1) is 10.1 Å². The minimum absolute atomic E-state index is 0.103. The fraction of sp³-hybridized carbons (Fsp3) is 0.462. The maximum absolute atomic E-state index is 11.4. The zero-order chi connectivity index (χ0) is 15.1. The van der Waals surface area contributed by atoms with Crippen LogP contribution < -0.4 is 4.90 Å². The Bertz CT molecular complexity index is 586. The third kappa shape index (κ3) is 2.43. The second-order valence-corrected chi connectivity index (χ2v) is 5.86. The quantitative estimate of drug-likeness (QED) is 0.683. The number of aromatic carboxylic acids is 1. The summed E-state index contributed by atoms with van der Waals surface area (Å²) in [7, 11) is 0. The van der Waals surface area contributed by atoms with Gasteiger partial charge in [-0.1, -0.05) is 11.6 Å². The van der Waals surface area contributed by atoms with Crippen molar-refractivity contribution in [1.82, 2.24) is 0 Å². The van der Waals surface area contributed by atoms with E-state index < -0.39 is 10.9 Å². The number of anilines is 1. The van der Waals surface area contributed by atoms with Crippen LogP contribution >= 0.6 is 11.6 Å². The first-order valence-electron chi connectivity index (χ1n) is 6.23. The molecule has 6 nitrogen and oxygen atoms in total. The fourth-order valence-electron chi connectivity index (χ4n) is 2.65. The van der Waals surface area contributed by atoms with Crippen LogP contribution in [0.25, 0.3) is 0 Å². The van der Waals surface area contributed by atoms with Crippen LogP contribution in [0.3, 0.4) is 0 Å². The van der Waals surface area contributed by atoms with Crippen LogP contribution in [0.1, 0.15) is 37.0 Å². The maximum atomic E-state index is 11.4. The molecule has 1 heterocycles. The van der Waals surface area contributed by atoms with E-state index in [9.17, 15) is 20.0 Å². The van der Waals surface area contributed by atoms with Gasteiger partial charge in [0.15, 0.2) is 0 Å². The van der Waals surface area contributed by atoms with Crippen LogP contribution in [0.5, 0.6) is 0 Å². The molecule has 0 atom stereocenters. The van der Waals surface area contributed by atoms with Crippen molar-refractivity contribution in [3.63, 3.8) is 0 Å². The topological polar surface area (TPSA) is 83.7 Å². The van der Waals surface area contributed by atoms with Crippen LogP contribution in [-0.2, 0) is 0 Å². The Morgan fingerprint density at radius 3 is 2.60 bits per heavy atom. The monoisotopic (exact) mass is 298 g/mol. The number of non-ortho nitro benzene ring substituents is 1. The highest BCUT2D eigenvalue weighted by atomic mass is 35.5. The van der Waals surface area contributed by atoms with Crippen molar-refractivity contribution in [2.45, 2.75) is 32.2 Å². The summed E-state index contributed by atoms with van der Waals surface area (Å²) in [5.41, 5.74) is -0.288. The Morgan fingerprint density at radius 2 is 2.15 bits per heavy atom. The van der Waals surface area contributed by atoms with E-state index in [0.29, 0.717) is 12.2 Å². The molecule has 1 fully saturated rings. The number of nitro groups is 1.